The van der Waals surface area contributed by atoms with E-state index in [1.54, 1.807) is 13.0 Å². The molecule has 23 heavy (non-hydrogen) atoms. The van der Waals surface area contributed by atoms with Crippen molar-refractivity contribution in [1.29, 1.82) is 0 Å². The second-order valence-electron chi connectivity index (χ2n) is 5.33. The lowest BCUT2D eigenvalue weighted by Crippen LogP contribution is -2.32. The SMILES string of the molecule is CC[C@H](Oc1cccc(C)c1C)C(=O)Nc1ccc(F)cc1F. The number of aryl methyl sites for hydroxylation is 1. The summed E-state index contributed by atoms with van der Waals surface area (Å²) in [5.74, 6) is -1.37. The van der Waals surface area contributed by atoms with Crippen LogP contribution in [-0.4, -0.2) is 12.0 Å². The molecule has 2 aromatic carbocycles. The first-order valence-electron chi connectivity index (χ1n) is 7.41. The molecule has 2 aromatic rings. The predicted octanol–water partition coefficient (Wildman–Crippen LogP) is 4.38. The van der Waals surface area contributed by atoms with Crippen molar-refractivity contribution in [3.05, 3.63) is 59.2 Å². The van der Waals surface area contributed by atoms with E-state index in [4.69, 9.17) is 4.74 Å². The van der Waals surface area contributed by atoms with Gasteiger partial charge >= 0.3 is 0 Å². The maximum Gasteiger partial charge on any atom is 0.265 e. The van der Waals surface area contributed by atoms with E-state index in [0.29, 0.717) is 12.2 Å². The van der Waals surface area contributed by atoms with Gasteiger partial charge in [-0.25, -0.2) is 8.78 Å². The molecule has 0 aliphatic heterocycles. The quantitative estimate of drug-likeness (QED) is 0.888. The van der Waals surface area contributed by atoms with Crippen LogP contribution in [0.2, 0.25) is 0 Å². The van der Waals surface area contributed by atoms with Crippen molar-refractivity contribution in [3.63, 3.8) is 0 Å². The van der Waals surface area contributed by atoms with Crippen molar-refractivity contribution in [2.75, 3.05) is 5.32 Å². The van der Waals surface area contributed by atoms with Crippen molar-refractivity contribution in [3.8, 4) is 5.75 Å². The summed E-state index contributed by atoms with van der Waals surface area (Å²) in [5.41, 5.74) is 1.94. The Morgan fingerprint density at radius 2 is 1.96 bits per heavy atom. The van der Waals surface area contributed by atoms with Crippen LogP contribution in [0.5, 0.6) is 5.75 Å². The zero-order valence-electron chi connectivity index (χ0n) is 13.3. The molecule has 0 spiro atoms. The van der Waals surface area contributed by atoms with Gasteiger partial charge in [-0.15, -0.1) is 0 Å². The lowest BCUT2D eigenvalue weighted by molar-refractivity contribution is -0.122. The Kier molecular flexibility index (Phi) is 5.32. The first kappa shape index (κ1) is 16.9. The Bertz CT molecular complexity index is 716. The molecule has 0 heterocycles. The number of carbonyl (C=O) groups excluding carboxylic acids is 1. The number of rotatable bonds is 5. The Balaban J connectivity index is 2.14. The minimum Gasteiger partial charge on any atom is -0.480 e. The van der Waals surface area contributed by atoms with Gasteiger partial charge in [0.25, 0.3) is 5.91 Å². The van der Waals surface area contributed by atoms with Gasteiger partial charge in [-0.2, -0.15) is 0 Å². The van der Waals surface area contributed by atoms with Crippen molar-refractivity contribution in [2.45, 2.75) is 33.3 Å². The second-order valence-corrected chi connectivity index (χ2v) is 5.33. The lowest BCUT2D eigenvalue weighted by Gasteiger charge is -2.19. The minimum absolute atomic E-state index is 0.0700. The van der Waals surface area contributed by atoms with E-state index in [1.807, 2.05) is 26.0 Å². The molecule has 1 amide bonds. The monoisotopic (exact) mass is 319 g/mol. The number of anilines is 1. The number of ether oxygens (including phenoxy) is 1. The van der Waals surface area contributed by atoms with Gasteiger partial charge in [0.1, 0.15) is 17.4 Å². The fourth-order valence-corrected chi connectivity index (χ4v) is 2.13. The highest BCUT2D eigenvalue weighted by Crippen LogP contribution is 2.23. The third-order valence-electron chi connectivity index (χ3n) is 3.68. The van der Waals surface area contributed by atoms with Crippen molar-refractivity contribution in [2.24, 2.45) is 0 Å². The van der Waals surface area contributed by atoms with E-state index < -0.39 is 23.6 Å². The lowest BCUT2D eigenvalue weighted by atomic mass is 10.1. The van der Waals surface area contributed by atoms with Crippen LogP contribution in [0, 0.1) is 25.5 Å². The van der Waals surface area contributed by atoms with Gasteiger partial charge in [-0.3, -0.25) is 4.79 Å². The average Bonchev–Trinajstić information content (AvgIpc) is 2.51. The summed E-state index contributed by atoms with van der Waals surface area (Å²) in [5, 5.41) is 2.44. The molecule has 122 valence electrons. The number of carbonyl (C=O) groups is 1. The summed E-state index contributed by atoms with van der Waals surface area (Å²) < 4.78 is 32.3. The van der Waals surface area contributed by atoms with E-state index in [9.17, 15) is 13.6 Å². The minimum atomic E-state index is -0.820. The highest BCUT2D eigenvalue weighted by atomic mass is 19.1. The Hall–Kier alpha value is -2.43. The van der Waals surface area contributed by atoms with Crippen LogP contribution < -0.4 is 10.1 Å². The summed E-state index contributed by atoms with van der Waals surface area (Å²) in [6.45, 7) is 5.67. The van der Waals surface area contributed by atoms with Gasteiger partial charge in [-0.05, 0) is 49.6 Å². The normalized spacial score (nSPS) is 11.9. The summed E-state index contributed by atoms with van der Waals surface area (Å²) in [4.78, 5) is 12.3. The molecule has 0 aliphatic carbocycles. The van der Waals surface area contributed by atoms with Crippen LogP contribution >= 0.6 is 0 Å². The van der Waals surface area contributed by atoms with Crippen molar-refractivity contribution < 1.29 is 18.3 Å². The fourth-order valence-electron chi connectivity index (χ4n) is 2.13. The number of nitrogens with one attached hydrogen (secondary N) is 1. The van der Waals surface area contributed by atoms with Crippen molar-refractivity contribution >= 4 is 11.6 Å². The Morgan fingerprint density at radius 1 is 1.22 bits per heavy atom. The molecular formula is C18H19F2NO2. The van der Waals surface area contributed by atoms with Gasteiger partial charge in [0.15, 0.2) is 6.10 Å². The average molecular weight is 319 g/mol. The van der Waals surface area contributed by atoms with Crippen molar-refractivity contribution in [1.82, 2.24) is 0 Å². The topological polar surface area (TPSA) is 38.3 Å². The molecule has 5 heteroatoms. The number of amides is 1. The highest BCUT2D eigenvalue weighted by Gasteiger charge is 2.20. The summed E-state index contributed by atoms with van der Waals surface area (Å²) >= 11 is 0. The molecule has 2 rings (SSSR count). The number of halogens is 2. The number of benzene rings is 2. The molecule has 3 nitrogen and oxygen atoms in total. The van der Waals surface area contributed by atoms with E-state index in [-0.39, 0.29) is 5.69 Å². The van der Waals surface area contributed by atoms with E-state index in [2.05, 4.69) is 5.32 Å². The molecule has 1 N–H and O–H groups in total. The van der Waals surface area contributed by atoms with E-state index in [1.165, 1.54) is 6.07 Å². The molecule has 1 atom stereocenters. The first-order valence-corrected chi connectivity index (χ1v) is 7.41. The van der Waals surface area contributed by atoms with Crippen LogP contribution in [0.1, 0.15) is 24.5 Å². The van der Waals surface area contributed by atoms with Gasteiger partial charge in [0.2, 0.25) is 0 Å². The predicted molar refractivity (Wildman–Crippen MR) is 85.6 cm³/mol. The van der Waals surface area contributed by atoms with Crippen LogP contribution in [0.25, 0.3) is 0 Å². The van der Waals surface area contributed by atoms with Gasteiger partial charge in [-0.1, -0.05) is 19.1 Å². The maximum absolute atomic E-state index is 13.6. The van der Waals surface area contributed by atoms with Crippen LogP contribution in [0.15, 0.2) is 36.4 Å². The van der Waals surface area contributed by atoms with Crippen LogP contribution in [-0.2, 0) is 4.79 Å². The fraction of sp³-hybridized carbons (Fsp3) is 0.278. The smallest absolute Gasteiger partial charge is 0.265 e. The zero-order valence-corrected chi connectivity index (χ0v) is 13.3. The molecule has 0 aromatic heterocycles. The molecule has 0 radical (unpaired) electrons. The summed E-state index contributed by atoms with van der Waals surface area (Å²) in [6.07, 6.45) is -0.345. The van der Waals surface area contributed by atoms with Gasteiger partial charge in [0, 0.05) is 6.07 Å². The molecule has 0 unspecified atom stereocenters. The van der Waals surface area contributed by atoms with E-state index in [0.717, 1.165) is 23.3 Å². The maximum atomic E-state index is 13.6. The first-order chi connectivity index (χ1) is 10.9. The molecule has 0 fully saturated rings. The van der Waals surface area contributed by atoms with E-state index >= 15 is 0 Å². The van der Waals surface area contributed by atoms with Gasteiger partial charge < -0.3 is 10.1 Å². The third-order valence-corrected chi connectivity index (χ3v) is 3.68. The highest BCUT2D eigenvalue weighted by molar-refractivity contribution is 5.94. The number of hydrogen-bond acceptors (Lipinski definition) is 2. The largest absolute Gasteiger partial charge is 0.480 e. The standard InChI is InChI=1S/C18H19F2NO2/c1-4-16(23-17-7-5-6-11(2)12(17)3)18(22)21-15-9-8-13(19)10-14(15)20/h5-10,16H,4H2,1-3H3,(H,21,22)/t16-/m0/s1. The Morgan fingerprint density at radius 3 is 2.61 bits per heavy atom. The second kappa shape index (κ2) is 7.22. The van der Waals surface area contributed by atoms with Crippen LogP contribution in [0.4, 0.5) is 14.5 Å². The zero-order chi connectivity index (χ0) is 17.0. The molecule has 0 saturated carbocycles. The molecule has 0 aliphatic rings. The summed E-state index contributed by atoms with van der Waals surface area (Å²) in [7, 11) is 0. The molecule has 0 saturated heterocycles. The number of hydrogen-bond donors (Lipinski definition) is 1. The van der Waals surface area contributed by atoms with Gasteiger partial charge in [0.05, 0.1) is 5.69 Å². The molecule has 0 bridgehead atoms. The summed E-state index contributed by atoms with van der Waals surface area (Å²) in [6, 6.07) is 8.59. The molecular weight excluding hydrogens is 300 g/mol. The Labute approximate surface area is 134 Å². The van der Waals surface area contributed by atoms with Crippen LogP contribution in [0.3, 0.4) is 0 Å². The third kappa shape index (κ3) is 4.06.